The lowest BCUT2D eigenvalue weighted by atomic mass is 9.70. The zero-order valence-corrected chi connectivity index (χ0v) is 11.8. The van der Waals surface area contributed by atoms with Crippen molar-refractivity contribution in [3.05, 3.63) is 0 Å². The minimum absolute atomic E-state index is 0.222. The summed E-state index contributed by atoms with van der Waals surface area (Å²) in [5, 5.41) is 3.20. The lowest BCUT2D eigenvalue weighted by Gasteiger charge is -2.40. The largest absolute Gasteiger partial charge is 0.355 e. The van der Waals surface area contributed by atoms with Crippen LogP contribution in [0.3, 0.4) is 0 Å². The maximum absolute atomic E-state index is 12.5. The second-order valence-corrected chi connectivity index (χ2v) is 6.75. The van der Waals surface area contributed by atoms with Crippen molar-refractivity contribution in [2.45, 2.75) is 64.7 Å². The Bertz CT molecular complexity index is 289. The highest BCUT2D eigenvalue weighted by molar-refractivity contribution is 5.83. The Morgan fingerprint density at radius 2 is 1.67 bits per heavy atom. The van der Waals surface area contributed by atoms with E-state index in [1.807, 2.05) is 0 Å². The van der Waals surface area contributed by atoms with E-state index in [0.29, 0.717) is 12.0 Å². The van der Waals surface area contributed by atoms with Crippen LogP contribution < -0.4 is 11.1 Å². The lowest BCUT2D eigenvalue weighted by molar-refractivity contribution is -0.132. The Morgan fingerprint density at radius 3 is 2.11 bits per heavy atom. The summed E-state index contributed by atoms with van der Waals surface area (Å²) in [6, 6.07) is 0. The van der Waals surface area contributed by atoms with Gasteiger partial charge in [-0.2, -0.15) is 0 Å². The Balaban J connectivity index is 1.91. The summed E-state index contributed by atoms with van der Waals surface area (Å²) in [4.78, 5) is 12.5. The summed E-state index contributed by atoms with van der Waals surface area (Å²) in [5.41, 5.74) is 6.02. The Morgan fingerprint density at radius 1 is 1.06 bits per heavy atom. The molecule has 0 aromatic heterocycles. The van der Waals surface area contributed by atoms with Crippen LogP contribution in [-0.2, 0) is 4.79 Å². The first kappa shape index (κ1) is 13.9. The lowest BCUT2D eigenvalue weighted by Crippen LogP contribution is -2.49. The standard InChI is InChI=1S/C15H28N2O/c1-14(7-6-8-14)12-17-13(18)15(11-16)9-4-2-3-5-10-15/h2-12,16H2,1H3,(H,17,18). The highest BCUT2D eigenvalue weighted by Crippen LogP contribution is 2.40. The van der Waals surface area contributed by atoms with Crippen LogP contribution in [0.5, 0.6) is 0 Å². The molecule has 2 rings (SSSR count). The van der Waals surface area contributed by atoms with Crippen molar-refractivity contribution in [3.8, 4) is 0 Å². The molecule has 0 aliphatic heterocycles. The van der Waals surface area contributed by atoms with E-state index in [4.69, 9.17) is 5.73 Å². The van der Waals surface area contributed by atoms with Crippen LogP contribution >= 0.6 is 0 Å². The molecule has 1 amide bonds. The van der Waals surface area contributed by atoms with Gasteiger partial charge in [-0.3, -0.25) is 4.79 Å². The van der Waals surface area contributed by atoms with Gasteiger partial charge in [-0.25, -0.2) is 0 Å². The van der Waals surface area contributed by atoms with E-state index < -0.39 is 0 Å². The van der Waals surface area contributed by atoms with Crippen LogP contribution in [0.4, 0.5) is 0 Å². The first-order valence-electron chi connectivity index (χ1n) is 7.59. The Labute approximate surface area is 111 Å². The SMILES string of the molecule is CC1(CNC(=O)C2(CN)CCCCCC2)CCC1. The molecule has 3 heteroatoms. The minimum Gasteiger partial charge on any atom is -0.355 e. The van der Waals surface area contributed by atoms with Crippen LogP contribution in [-0.4, -0.2) is 19.0 Å². The average Bonchev–Trinajstić information content (AvgIpc) is 2.59. The van der Waals surface area contributed by atoms with E-state index in [1.165, 1.54) is 32.1 Å². The van der Waals surface area contributed by atoms with Gasteiger partial charge in [-0.05, 0) is 31.1 Å². The fraction of sp³-hybridized carbons (Fsp3) is 0.933. The van der Waals surface area contributed by atoms with Gasteiger partial charge in [0.1, 0.15) is 0 Å². The molecule has 0 atom stereocenters. The van der Waals surface area contributed by atoms with E-state index >= 15 is 0 Å². The van der Waals surface area contributed by atoms with E-state index in [-0.39, 0.29) is 11.3 Å². The summed E-state index contributed by atoms with van der Waals surface area (Å²) < 4.78 is 0. The topological polar surface area (TPSA) is 55.1 Å². The van der Waals surface area contributed by atoms with Crippen molar-refractivity contribution in [3.63, 3.8) is 0 Å². The van der Waals surface area contributed by atoms with Gasteiger partial charge in [0.15, 0.2) is 0 Å². The summed E-state index contributed by atoms with van der Waals surface area (Å²) in [5.74, 6) is 0.222. The molecular weight excluding hydrogens is 224 g/mol. The molecule has 2 fully saturated rings. The van der Waals surface area contributed by atoms with Crippen molar-refractivity contribution in [1.29, 1.82) is 0 Å². The van der Waals surface area contributed by atoms with Crippen molar-refractivity contribution >= 4 is 5.91 Å². The monoisotopic (exact) mass is 252 g/mol. The minimum atomic E-state index is -0.267. The summed E-state index contributed by atoms with van der Waals surface area (Å²) >= 11 is 0. The maximum atomic E-state index is 12.5. The molecule has 18 heavy (non-hydrogen) atoms. The molecule has 0 saturated heterocycles. The number of carbonyl (C=O) groups is 1. The highest BCUT2D eigenvalue weighted by atomic mass is 16.2. The van der Waals surface area contributed by atoms with Gasteiger partial charge in [0.2, 0.25) is 5.91 Å². The van der Waals surface area contributed by atoms with E-state index in [1.54, 1.807) is 0 Å². The number of amides is 1. The maximum Gasteiger partial charge on any atom is 0.227 e. The zero-order valence-electron chi connectivity index (χ0n) is 11.8. The van der Waals surface area contributed by atoms with Crippen LogP contribution in [0.2, 0.25) is 0 Å². The number of hydrogen-bond donors (Lipinski definition) is 2. The van der Waals surface area contributed by atoms with Crippen molar-refractivity contribution < 1.29 is 4.79 Å². The third-order valence-corrected chi connectivity index (χ3v) is 5.17. The number of carbonyl (C=O) groups excluding carboxylic acids is 1. The van der Waals surface area contributed by atoms with E-state index in [2.05, 4.69) is 12.2 Å². The molecule has 2 saturated carbocycles. The predicted octanol–water partition coefficient (Wildman–Crippen LogP) is 2.59. The van der Waals surface area contributed by atoms with Gasteiger partial charge in [0, 0.05) is 13.1 Å². The van der Waals surface area contributed by atoms with Crippen molar-refractivity contribution in [1.82, 2.24) is 5.32 Å². The fourth-order valence-corrected chi connectivity index (χ4v) is 3.37. The summed E-state index contributed by atoms with van der Waals surface area (Å²) in [7, 11) is 0. The third-order valence-electron chi connectivity index (χ3n) is 5.17. The number of nitrogens with one attached hydrogen (secondary N) is 1. The first-order valence-corrected chi connectivity index (χ1v) is 7.59. The van der Waals surface area contributed by atoms with Gasteiger partial charge in [-0.1, -0.05) is 39.0 Å². The van der Waals surface area contributed by atoms with Gasteiger partial charge < -0.3 is 11.1 Å². The molecule has 104 valence electrons. The van der Waals surface area contributed by atoms with Crippen LogP contribution in [0.1, 0.15) is 64.7 Å². The quantitative estimate of drug-likeness (QED) is 0.756. The normalized spacial score (nSPS) is 25.9. The number of rotatable bonds is 4. The molecule has 0 radical (unpaired) electrons. The molecular formula is C15H28N2O. The van der Waals surface area contributed by atoms with Crippen LogP contribution in [0.25, 0.3) is 0 Å². The van der Waals surface area contributed by atoms with Crippen molar-refractivity contribution in [2.24, 2.45) is 16.6 Å². The average molecular weight is 252 g/mol. The number of nitrogens with two attached hydrogens (primary N) is 1. The molecule has 3 N–H and O–H groups in total. The number of hydrogen-bond acceptors (Lipinski definition) is 2. The second-order valence-electron chi connectivity index (χ2n) is 6.75. The predicted molar refractivity (Wildman–Crippen MR) is 74.2 cm³/mol. The molecule has 0 heterocycles. The van der Waals surface area contributed by atoms with Gasteiger partial charge in [-0.15, -0.1) is 0 Å². The molecule has 0 aromatic carbocycles. The molecule has 2 aliphatic carbocycles. The second kappa shape index (κ2) is 5.60. The molecule has 0 unspecified atom stereocenters. The van der Waals surface area contributed by atoms with Gasteiger partial charge in [0.05, 0.1) is 5.41 Å². The molecule has 0 aromatic rings. The van der Waals surface area contributed by atoms with Crippen LogP contribution in [0, 0.1) is 10.8 Å². The summed E-state index contributed by atoms with van der Waals surface area (Å²) in [6.45, 7) is 3.63. The van der Waals surface area contributed by atoms with Crippen LogP contribution in [0.15, 0.2) is 0 Å². The van der Waals surface area contributed by atoms with E-state index in [0.717, 1.165) is 32.2 Å². The van der Waals surface area contributed by atoms with E-state index in [9.17, 15) is 4.79 Å². The van der Waals surface area contributed by atoms with Gasteiger partial charge in [0.25, 0.3) is 0 Å². The molecule has 0 spiro atoms. The zero-order chi connectivity index (χ0) is 13.1. The molecule has 0 bridgehead atoms. The Hall–Kier alpha value is -0.570. The first-order chi connectivity index (χ1) is 8.60. The smallest absolute Gasteiger partial charge is 0.227 e. The third kappa shape index (κ3) is 2.87. The van der Waals surface area contributed by atoms with Gasteiger partial charge >= 0.3 is 0 Å². The van der Waals surface area contributed by atoms with Crippen molar-refractivity contribution in [2.75, 3.05) is 13.1 Å². The summed E-state index contributed by atoms with van der Waals surface area (Å²) in [6.07, 6.45) is 10.6. The molecule has 2 aliphatic rings. The molecule has 3 nitrogen and oxygen atoms in total. The highest BCUT2D eigenvalue weighted by Gasteiger charge is 2.39. The Kier molecular flexibility index (Phi) is 4.31. The fourth-order valence-electron chi connectivity index (χ4n) is 3.37.